The van der Waals surface area contributed by atoms with Crippen molar-refractivity contribution in [1.82, 2.24) is 10.2 Å². The van der Waals surface area contributed by atoms with E-state index < -0.39 is 0 Å². The summed E-state index contributed by atoms with van der Waals surface area (Å²) < 4.78 is 5.87. The van der Waals surface area contributed by atoms with Crippen molar-refractivity contribution < 1.29 is 4.42 Å². The van der Waals surface area contributed by atoms with Gasteiger partial charge in [-0.2, -0.15) is 5.10 Å². The number of aromatic nitrogens is 2. The van der Waals surface area contributed by atoms with Crippen LogP contribution < -0.4 is 5.84 Å². The van der Waals surface area contributed by atoms with Gasteiger partial charge < -0.3 is 10.3 Å². The molecule has 0 fully saturated rings. The highest BCUT2D eigenvalue weighted by molar-refractivity contribution is 6.30. The molecule has 0 radical (unpaired) electrons. The smallest absolute Gasteiger partial charge is 0.248 e. The van der Waals surface area contributed by atoms with E-state index in [1.165, 1.54) is 5.57 Å². The molecule has 1 aromatic carbocycles. The van der Waals surface area contributed by atoms with Crippen molar-refractivity contribution in [3.05, 3.63) is 47.9 Å². The first-order valence-corrected chi connectivity index (χ1v) is 9.32. The lowest BCUT2D eigenvalue weighted by atomic mass is 9.99. The van der Waals surface area contributed by atoms with Crippen LogP contribution in [-0.4, -0.2) is 22.1 Å². The van der Waals surface area contributed by atoms with Crippen molar-refractivity contribution >= 4 is 23.2 Å². The molecule has 0 saturated carbocycles. The summed E-state index contributed by atoms with van der Waals surface area (Å²) in [7, 11) is 0. The molecule has 1 heterocycles. The molecular formula is C21H25N5O. The minimum Gasteiger partial charge on any atom is -0.416 e. The molecule has 0 aliphatic heterocycles. The average molecular weight is 363 g/mol. The molecule has 1 aliphatic rings. The monoisotopic (exact) mass is 363 g/mol. The van der Waals surface area contributed by atoms with Gasteiger partial charge in [0.25, 0.3) is 0 Å². The van der Waals surface area contributed by atoms with E-state index in [1.807, 2.05) is 24.3 Å². The van der Waals surface area contributed by atoms with Crippen molar-refractivity contribution in [2.75, 3.05) is 0 Å². The van der Waals surface area contributed by atoms with Gasteiger partial charge >= 0.3 is 0 Å². The van der Waals surface area contributed by atoms with Crippen LogP contribution >= 0.6 is 0 Å². The lowest BCUT2D eigenvalue weighted by Gasteiger charge is -2.08. The lowest BCUT2D eigenvalue weighted by molar-refractivity contribution is 0.553. The number of hydrogen-bond donors (Lipinski definition) is 1. The quantitative estimate of drug-likeness (QED) is 0.422. The number of benzene rings is 1. The Balaban J connectivity index is 1.72. The molecule has 2 aromatic rings. The average Bonchev–Trinajstić information content (AvgIpc) is 3.19. The summed E-state index contributed by atoms with van der Waals surface area (Å²) >= 11 is 0. The summed E-state index contributed by atoms with van der Waals surface area (Å²) in [5, 5.41) is 12.2. The zero-order chi connectivity index (χ0) is 19.1. The predicted octanol–water partition coefficient (Wildman–Crippen LogP) is 5.07. The molecule has 1 aliphatic carbocycles. The summed E-state index contributed by atoms with van der Waals surface area (Å²) in [5.74, 6) is 6.49. The second kappa shape index (κ2) is 9.07. The Labute approximate surface area is 159 Å². The van der Waals surface area contributed by atoms with Gasteiger partial charge in [-0.05, 0) is 56.9 Å². The van der Waals surface area contributed by atoms with Crippen LogP contribution in [0, 0.1) is 0 Å². The Hall–Kier alpha value is -3.02. The minimum absolute atomic E-state index is 0.506. The van der Waals surface area contributed by atoms with E-state index in [0.29, 0.717) is 11.8 Å². The lowest BCUT2D eigenvalue weighted by Crippen LogP contribution is -2.03. The van der Waals surface area contributed by atoms with Crippen LogP contribution in [0.4, 0.5) is 5.69 Å². The molecule has 0 spiro atoms. The Bertz CT molecular complexity index is 888. The van der Waals surface area contributed by atoms with E-state index in [2.05, 4.69) is 46.3 Å². The summed E-state index contributed by atoms with van der Waals surface area (Å²) in [6.07, 6.45) is 11.0. The molecule has 27 heavy (non-hydrogen) atoms. The van der Waals surface area contributed by atoms with E-state index in [-0.39, 0.29) is 0 Å². The van der Waals surface area contributed by atoms with Gasteiger partial charge in [-0.15, -0.1) is 10.2 Å². The van der Waals surface area contributed by atoms with Crippen molar-refractivity contribution in [3.63, 3.8) is 0 Å². The Morgan fingerprint density at radius 3 is 2.70 bits per heavy atom. The third-order valence-corrected chi connectivity index (χ3v) is 4.51. The molecule has 1 aromatic heterocycles. The molecule has 2 N–H and O–H groups in total. The van der Waals surface area contributed by atoms with Gasteiger partial charge in [0.1, 0.15) is 0 Å². The zero-order valence-electron chi connectivity index (χ0n) is 15.9. The second-order valence-electron chi connectivity index (χ2n) is 6.58. The molecule has 6 heteroatoms. The Morgan fingerprint density at radius 1 is 1.22 bits per heavy atom. The van der Waals surface area contributed by atoms with Crippen LogP contribution in [-0.2, 0) is 0 Å². The normalized spacial score (nSPS) is 15.1. The predicted molar refractivity (Wildman–Crippen MR) is 110 cm³/mol. The first kappa shape index (κ1) is 18.8. The fourth-order valence-electron chi connectivity index (χ4n) is 2.84. The maximum atomic E-state index is 5.87. The number of nitrogens with zero attached hydrogens (tertiary/aromatic N) is 4. The molecular weight excluding hydrogens is 338 g/mol. The molecule has 0 atom stereocenters. The molecule has 140 valence electrons. The highest BCUT2D eigenvalue weighted by Crippen LogP contribution is 2.29. The van der Waals surface area contributed by atoms with Crippen LogP contribution in [0.5, 0.6) is 0 Å². The van der Waals surface area contributed by atoms with E-state index in [9.17, 15) is 0 Å². The highest BCUT2D eigenvalue weighted by Gasteiger charge is 2.14. The molecule has 6 nitrogen and oxygen atoms in total. The van der Waals surface area contributed by atoms with Crippen LogP contribution in [0.3, 0.4) is 0 Å². The van der Waals surface area contributed by atoms with Crippen LogP contribution in [0.15, 0.2) is 56.5 Å². The number of hydrazone groups is 1. The fraction of sp³-hybridized carbons (Fsp3) is 0.333. The standard InChI is InChI=1S/C21H25N5O/c1-3-4-8-18(24-22)14-23-17-12-10-16(11-13-17)20-25-26-21(27-20)19-9-6-5-7-15(19)2/h6,9-14H,3-5,7-8,22H2,1-2H3/b23-14?,24-18-. The van der Waals surface area contributed by atoms with Crippen LogP contribution in [0.1, 0.15) is 51.8 Å². The number of aliphatic imine (C=N–C) groups is 1. The van der Waals surface area contributed by atoms with Crippen molar-refractivity contribution in [2.45, 2.75) is 46.0 Å². The summed E-state index contributed by atoms with van der Waals surface area (Å²) in [4.78, 5) is 4.43. The fourth-order valence-corrected chi connectivity index (χ4v) is 2.84. The summed E-state index contributed by atoms with van der Waals surface area (Å²) in [6.45, 7) is 4.24. The van der Waals surface area contributed by atoms with Gasteiger partial charge in [-0.25, -0.2) is 0 Å². The van der Waals surface area contributed by atoms with Crippen molar-refractivity contribution in [3.8, 4) is 11.5 Å². The van der Waals surface area contributed by atoms with E-state index in [4.69, 9.17) is 10.3 Å². The van der Waals surface area contributed by atoms with E-state index in [1.54, 1.807) is 6.21 Å². The molecule has 0 saturated heterocycles. The van der Waals surface area contributed by atoms with Crippen molar-refractivity contribution in [1.29, 1.82) is 0 Å². The maximum absolute atomic E-state index is 5.87. The Morgan fingerprint density at radius 2 is 2.00 bits per heavy atom. The van der Waals surface area contributed by atoms with Gasteiger partial charge in [0.15, 0.2) is 0 Å². The molecule has 3 rings (SSSR count). The van der Waals surface area contributed by atoms with Gasteiger partial charge in [0.2, 0.25) is 11.8 Å². The number of hydrogen-bond acceptors (Lipinski definition) is 6. The van der Waals surface area contributed by atoms with Gasteiger partial charge in [-0.1, -0.05) is 31.1 Å². The SMILES string of the molecule is CCCC/C(C=Nc1ccc(-c2nnc(C3=C(C)CCC=C3)o2)cc1)=N/N. The number of unbranched alkanes of at least 4 members (excludes halogenated alkanes) is 1. The summed E-state index contributed by atoms with van der Waals surface area (Å²) in [5.41, 5.74) is 4.79. The second-order valence-corrected chi connectivity index (χ2v) is 6.58. The largest absolute Gasteiger partial charge is 0.416 e. The van der Waals surface area contributed by atoms with E-state index in [0.717, 1.165) is 54.6 Å². The zero-order valence-corrected chi connectivity index (χ0v) is 15.9. The minimum atomic E-state index is 0.506. The highest BCUT2D eigenvalue weighted by atomic mass is 16.4. The molecule has 0 amide bonds. The maximum Gasteiger partial charge on any atom is 0.248 e. The van der Waals surface area contributed by atoms with Gasteiger partial charge in [0, 0.05) is 11.1 Å². The first-order valence-electron chi connectivity index (χ1n) is 9.32. The van der Waals surface area contributed by atoms with E-state index >= 15 is 0 Å². The third-order valence-electron chi connectivity index (χ3n) is 4.51. The number of nitrogens with two attached hydrogens (primary N) is 1. The van der Waals surface area contributed by atoms with Crippen LogP contribution in [0.2, 0.25) is 0 Å². The molecule has 0 bridgehead atoms. The van der Waals surface area contributed by atoms with Gasteiger partial charge in [0.05, 0.1) is 17.6 Å². The topological polar surface area (TPSA) is 89.7 Å². The van der Waals surface area contributed by atoms with Crippen LogP contribution in [0.25, 0.3) is 17.0 Å². The number of rotatable bonds is 7. The number of allylic oxidation sites excluding steroid dienone is 4. The van der Waals surface area contributed by atoms with Crippen molar-refractivity contribution in [2.24, 2.45) is 15.9 Å². The molecule has 0 unspecified atom stereocenters. The Kier molecular flexibility index (Phi) is 6.30. The third kappa shape index (κ3) is 4.78. The summed E-state index contributed by atoms with van der Waals surface area (Å²) in [6, 6.07) is 7.67. The van der Waals surface area contributed by atoms with Gasteiger partial charge in [-0.3, -0.25) is 4.99 Å². The first-order chi connectivity index (χ1) is 13.2.